The molecular formula is C16H23NO5S2. The van der Waals surface area contributed by atoms with E-state index in [2.05, 4.69) is 5.32 Å². The number of aryl methyl sites for hydroxylation is 1. The van der Waals surface area contributed by atoms with Gasteiger partial charge in [0.05, 0.1) is 30.3 Å². The van der Waals surface area contributed by atoms with E-state index in [1.54, 1.807) is 13.8 Å². The van der Waals surface area contributed by atoms with Crippen LogP contribution in [0.5, 0.6) is 0 Å². The van der Waals surface area contributed by atoms with Crippen LogP contribution in [-0.2, 0) is 25.5 Å². The number of thiophene rings is 1. The number of amides is 1. The quantitative estimate of drug-likeness (QED) is 0.670. The van der Waals surface area contributed by atoms with E-state index in [0.717, 1.165) is 16.9 Å². The topological polar surface area (TPSA) is 81.7 Å². The van der Waals surface area contributed by atoms with Crippen molar-refractivity contribution in [3.63, 3.8) is 0 Å². The maximum absolute atomic E-state index is 12.1. The molecule has 0 saturated carbocycles. The number of esters is 2. The van der Waals surface area contributed by atoms with Gasteiger partial charge in [0, 0.05) is 4.88 Å². The molecule has 8 heteroatoms. The van der Waals surface area contributed by atoms with Gasteiger partial charge in [0.2, 0.25) is 5.91 Å². The number of carbonyl (C=O) groups excluding carboxylic acids is 3. The highest BCUT2D eigenvalue weighted by Crippen LogP contribution is 2.34. The van der Waals surface area contributed by atoms with Crippen molar-refractivity contribution in [3.8, 4) is 0 Å². The van der Waals surface area contributed by atoms with Gasteiger partial charge in [-0.05, 0) is 32.8 Å². The smallest absolute Gasteiger partial charge is 0.341 e. The molecule has 24 heavy (non-hydrogen) atoms. The molecule has 1 amide bonds. The first-order valence-electron chi connectivity index (χ1n) is 7.77. The fourth-order valence-electron chi connectivity index (χ4n) is 2.03. The summed E-state index contributed by atoms with van der Waals surface area (Å²) in [4.78, 5) is 36.5. The van der Waals surface area contributed by atoms with Crippen molar-refractivity contribution in [1.82, 2.24) is 0 Å². The molecule has 0 unspecified atom stereocenters. The summed E-state index contributed by atoms with van der Waals surface area (Å²) in [7, 11) is 0. The van der Waals surface area contributed by atoms with Crippen LogP contribution >= 0.6 is 23.1 Å². The highest BCUT2D eigenvalue weighted by Gasteiger charge is 2.22. The second-order valence-corrected chi connectivity index (χ2v) is 6.87. The van der Waals surface area contributed by atoms with Crippen molar-refractivity contribution in [2.75, 3.05) is 30.0 Å². The lowest BCUT2D eigenvalue weighted by atomic mass is 10.1. The van der Waals surface area contributed by atoms with Gasteiger partial charge < -0.3 is 14.8 Å². The Morgan fingerprint density at radius 2 is 1.75 bits per heavy atom. The predicted molar refractivity (Wildman–Crippen MR) is 97.0 cm³/mol. The lowest BCUT2D eigenvalue weighted by Crippen LogP contribution is -2.17. The van der Waals surface area contributed by atoms with Crippen molar-refractivity contribution < 1.29 is 23.9 Å². The minimum atomic E-state index is -0.430. The zero-order chi connectivity index (χ0) is 18.1. The average molecular weight is 373 g/mol. The molecule has 0 bridgehead atoms. The van der Waals surface area contributed by atoms with Crippen LogP contribution in [0.4, 0.5) is 5.00 Å². The van der Waals surface area contributed by atoms with Crippen LogP contribution in [0, 0.1) is 6.92 Å². The number of hydrogen-bond donors (Lipinski definition) is 1. The summed E-state index contributed by atoms with van der Waals surface area (Å²) in [6.07, 6.45) is 0.774. The molecule has 0 aliphatic carbocycles. The van der Waals surface area contributed by atoms with E-state index in [9.17, 15) is 14.4 Å². The van der Waals surface area contributed by atoms with Crippen LogP contribution in [0.25, 0.3) is 0 Å². The average Bonchev–Trinajstić information content (AvgIpc) is 2.83. The van der Waals surface area contributed by atoms with Crippen molar-refractivity contribution >= 4 is 45.9 Å². The van der Waals surface area contributed by atoms with E-state index in [1.165, 1.54) is 23.1 Å². The SMILES string of the molecule is CCOC(=O)CSCC(=O)Nc1sc(CC)c(C)c1C(=O)OCC. The van der Waals surface area contributed by atoms with Crippen LogP contribution in [0.3, 0.4) is 0 Å². The molecule has 0 radical (unpaired) electrons. The highest BCUT2D eigenvalue weighted by molar-refractivity contribution is 8.00. The minimum Gasteiger partial charge on any atom is -0.465 e. The standard InChI is InChI=1S/C16H23NO5S2/c1-5-11-10(4)14(16(20)22-7-3)15(24-11)17-12(18)8-23-9-13(19)21-6-2/h5-9H2,1-4H3,(H,17,18). The Morgan fingerprint density at radius 3 is 2.33 bits per heavy atom. The molecule has 0 saturated heterocycles. The van der Waals surface area contributed by atoms with Crippen LogP contribution in [0.2, 0.25) is 0 Å². The molecule has 1 rings (SSSR count). The second kappa shape index (κ2) is 10.4. The van der Waals surface area contributed by atoms with E-state index >= 15 is 0 Å². The van der Waals surface area contributed by atoms with E-state index in [4.69, 9.17) is 9.47 Å². The first kappa shape index (κ1) is 20.5. The molecule has 1 aromatic heterocycles. The number of thioether (sulfide) groups is 1. The molecule has 0 fully saturated rings. The lowest BCUT2D eigenvalue weighted by Gasteiger charge is -2.07. The van der Waals surface area contributed by atoms with Crippen LogP contribution in [0.15, 0.2) is 0 Å². The fourth-order valence-corrected chi connectivity index (χ4v) is 3.79. The zero-order valence-electron chi connectivity index (χ0n) is 14.4. The van der Waals surface area contributed by atoms with Gasteiger partial charge in [-0.15, -0.1) is 23.1 Å². The molecule has 1 N–H and O–H groups in total. The zero-order valence-corrected chi connectivity index (χ0v) is 16.0. The van der Waals surface area contributed by atoms with Crippen LogP contribution < -0.4 is 5.32 Å². The number of hydrogen-bond acceptors (Lipinski definition) is 7. The molecule has 0 aromatic carbocycles. The van der Waals surface area contributed by atoms with Crippen molar-refractivity contribution in [1.29, 1.82) is 0 Å². The number of anilines is 1. The Bertz CT molecular complexity index is 598. The van der Waals surface area contributed by atoms with E-state index < -0.39 is 5.97 Å². The Labute approximate surface area is 150 Å². The molecule has 6 nitrogen and oxygen atoms in total. The Morgan fingerprint density at radius 1 is 1.08 bits per heavy atom. The number of ether oxygens (including phenoxy) is 2. The van der Waals surface area contributed by atoms with Gasteiger partial charge in [-0.3, -0.25) is 9.59 Å². The van der Waals surface area contributed by atoms with Crippen LogP contribution in [-0.4, -0.2) is 42.6 Å². The first-order chi connectivity index (χ1) is 11.4. The Kier molecular flexibility index (Phi) is 8.84. The third-order valence-electron chi connectivity index (χ3n) is 3.06. The monoisotopic (exact) mass is 373 g/mol. The van der Waals surface area contributed by atoms with Gasteiger partial charge in [-0.1, -0.05) is 6.92 Å². The molecule has 0 spiro atoms. The van der Waals surface area contributed by atoms with E-state index in [0.29, 0.717) is 17.2 Å². The summed E-state index contributed by atoms with van der Waals surface area (Å²) in [5, 5.41) is 3.26. The molecule has 134 valence electrons. The van der Waals surface area contributed by atoms with Gasteiger partial charge in [-0.2, -0.15) is 0 Å². The molecule has 0 aliphatic rings. The molecule has 0 aliphatic heterocycles. The summed E-state index contributed by atoms with van der Waals surface area (Å²) < 4.78 is 9.88. The van der Waals surface area contributed by atoms with E-state index in [-0.39, 0.29) is 30.0 Å². The highest BCUT2D eigenvalue weighted by atomic mass is 32.2. The van der Waals surface area contributed by atoms with Gasteiger partial charge in [0.15, 0.2) is 0 Å². The number of carbonyl (C=O) groups is 3. The number of nitrogens with one attached hydrogen (secondary N) is 1. The summed E-state index contributed by atoms with van der Waals surface area (Å²) in [5.41, 5.74) is 1.26. The summed E-state index contributed by atoms with van der Waals surface area (Å²) in [6, 6.07) is 0. The van der Waals surface area contributed by atoms with Gasteiger partial charge in [0.25, 0.3) is 0 Å². The largest absolute Gasteiger partial charge is 0.465 e. The lowest BCUT2D eigenvalue weighted by molar-refractivity contribution is -0.139. The van der Waals surface area contributed by atoms with Crippen LogP contribution in [0.1, 0.15) is 41.6 Å². The predicted octanol–water partition coefficient (Wildman–Crippen LogP) is 3.03. The van der Waals surface area contributed by atoms with Gasteiger partial charge in [0.1, 0.15) is 5.00 Å². The maximum Gasteiger partial charge on any atom is 0.341 e. The maximum atomic E-state index is 12.1. The Balaban J connectivity index is 2.73. The van der Waals surface area contributed by atoms with Crippen molar-refractivity contribution in [3.05, 3.63) is 16.0 Å². The minimum absolute atomic E-state index is 0.111. The van der Waals surface area contributed by atoms with Crippen molar-refractivity contribution in [2.24, 2.45) is 0 Å². The summed E-state index contributed by atoms with van der Waals surface area (Å²) >= 11 is 2.55. The molecule has 0 atom stereocenters. The van der Waals surface area contributed by atoms with Gasteiger partial charge in [-0.25, -0.2) is 4.79 Å². The van der Waals surface area contributed by atoms with E-state index in [1.807, 2.05) is 13.8 Å². The third kappa shape index (κ3) is 5.83. The summed E-state index contributed by atoms with van der Waals surface area (Å²) in [6.45, 7) is 7.92. The van der Waals surface area contributed by atoms with Gasteiger partial charge >= 0.3 is 11.9 Å². The first-order valence-corrected chi connectivity index (χ1v) is 9.74. The molecule has 1 heterocycles. The molecule has 1 aromatic rings. The van der Waals surface area contributed by atoms with Crippen molar-refractivity contribution in [2.45, 2.75) is 34.1 Å². The summed E-state index contributed by atoms with van der Waals surface area (Å²) in [5.74, 6) is -0.809. The number of rotatable bonds is 9. The normalized spacial score (nSPS) is 10.3. The third-order valence-corrected chi connectivity index (χ3v) is 5.32. The Hall–Kier alpha value is -1.54. The molecular weight excluding hydrogens is 350 g/mol. The second-order valence-electron chi connectivity index (χ2n) is 4.77. The fraction of sp³-hybridized carbons (Fsp3) is 0.562.